The monoisotopic (exact) mass is 358 g/mol. The smallest absolute Gasteiger partial charge is 0.0635 e. The van der Waals surface area contributed by atoms with E-state index in [4.69, 9.17) is 0 Å². The van der Waals surface area contributed by atoms with Crippen molar-refractivity contribution in [1.82, 2.24) is 9.13 Å². The molecule has 2 aromatic heterocycles. The molecule has 0 bridgehead atoms. The Bertz CT molecular complexity index is 1510. The maximum absolute atomic E-state index is 4.11. The van der Waals surface area contributed by atoms with Crippen molar-refractivity contribution in [3.05, 3.63) is 97.6 Å². The molecule has 0 spiro atoms. The fourth-order valence-electron chi connectivity index (χ4n) is 4.59. The van der Waals surface area contributed by atoms with E-state index in [1.165, 1.54) is 49.3 Å². The summed E-state index contributed by atoms with van der Waals surface area (Å²) in [5.74, 6) is 0. The largest absolute Gasteiger partial charge is 0.316 e. The third-order valence-corrected chi connectivity index (χ3v) is 5.70. The predicted octanol–water partition coefficient (Wildman–Crippen LogP) is 6.99. The lowest BCUT2D eigenvalue weighted by atomic mass is 10.1. The molecule has 0 amide bonds. The lowest BCUT2D eigenvalue weighted by molar-refractivity contribution is 1.18. The summed E-state index contributed by atoms with van der Waals surface area (Å²) in [7, 11) is 0. The van der Waals surface area contributed by atoms with Crippen LogP contribution in [0.1, 0.15) is 0 Å². The first-order valence-corrected chi connectivity index (χ1v) is 9.51. The molecule has 0 radical (unpaired) electrons. The van der Waals surface area contributed by atoms with E-state index in [-0.39, 0.29) is 0 Å². The van der Waals surface area contributed by atoms with Crippen LogP contribution in [0.15, 0.2) is 97.6 Å². The van der Waals surface area contributed by atoms with Crippen LogP contribution in [0.4, 0.5) is 0 Å². The van der Waals surface area contributed by atoms with Crippen molar-refractivity contribution in [2.24, 2.45) is 0 Å². The molecule has 2 heteroatoms. The van der Waals surface area contributed by atoms with E-state index in [2.05, 4.69) is 107 Å². The first kappa shape index (κ1) is 15.3. The molecule has 0 atom stereocenters. The summed E-state index contributed by atoms with van der Waals surface area (Å²) < 4.78 is 4.59. The van der Waals surface area contributed by atoms with Crippen LogP contribution in [-0.4, -0.2) is 9.13 Å². The Labute approximate surface area is 162 Å². The van der Waals surface area contributed by atoms with E-state index >= 15 is 0 Å². The van der Waals surface area contributed by atoms with Gasteiger partial charge in [0.2, 0.25) is 0 Å². The van der Waals surface area contributed by atoms with E-state index in [1.807, 2.05) is 6.20 Å². The number of rotatable bonds is 2. The Morgan fingerprint density at radius 1 is 0.571 bits per heavy atom. The highest BCUT2D eigenvalue weighted by Crippen LogP contribution is 2.40. The summed E-state index contributed by atoms with van der Waals surface area (Å²) in [6, 6.07) is 32.3. The second-order valence-corrected chi connectivity index (χ2v) is 7.11. The van der Waals surface area contributed by atoms with Gasteiger partial charge in [0.15, 0.2) is 0 Å². The highest BCUT2D eigenvalue weighted by atomic mass is 15.0. The minimum Gasteiger partial charge on any atom is -0.316 e. The van der Waals surface area contributed by atoms with Crippen LogP contribution in [0.25, 0.3) is 55.5 Å². The van der Waals surface area contributed by atoms with E-state index in [0.29, 0.717) is 0 Å². The molecule has 0 aliphatic heterocycles. The SMILES string of the molecule is C=Cn1c2ccccc2c2ccc3c(c4ccccc4n3-c3ccccc3)c21. The lowest BCUT2D eigenvalue weighted by Gasteiger charge is -2.07. The van der Waals surface area contributed by atoms with Crippen LogP contribution in [0.5, 0.6) is 0 Å². The van der Waals surface area contributed by atoms with Crippen molar-refractivity contribution in [3.8, 4) is 5.69 Å². The molecule has 0 saturated heterocycles. The molecular weight excluding hydrogens is 340 g/mol. The van der Waals surface area contributed by atoms with Gasteiger partial charge in [-0.3, -0.25) is 0 Å². The summed E-state index contributed by atoms with van der Waals surface area (Å²) in [4.78, 5) is 0. The highest BCUT2D eigenvalue weighted by molar-refractivity contribution is 6.26. The first-order chi connectivity index (χ1) is 13.9. The molecule has 2 heterocycles. The number of fused-ring (bicyclic) bond motifs is 7. The minimum atomic E-state index is 1.18. The Morgan fingerprint density at radius 3 is 2.04 bits per heavy atom. The summed E-state index contributed by atoms with van der Waals surface area (Å²) in [5.41, 5.74) is 6.02. The van der Waals surface area contributed by atoms with Gasteiger partial charge < -0.3 is 9.13 Å². The summed E-state index contributed by atoms with van der Waals surface area (Å²) in [5, 5.41) is 5.06. The average molecular weight is 358 g/mol. The molecule has 132 valence electrons. The van der Waals surface area contributed by atoms with E-state index in [9.17, 15) is 0 Å². The van der Waals surface area contributed by atoms with Gasteiger partial charge in [-0.2, -0.15) is 0 Å². The van der Waals surface area contributed by atoms with Gasteiger partial charge in [0.05, 0.1) is 22.1 Å². The van der Waals surface area contributed by atoms with Crippen LogP contribution in [0, 0.1) is 0 Å². The third-order valence-electron chi connectivity index (χ3n) is 5.70. The molecule has 6 aromatic rings. The van der Waals surface area contributed by atoms with Crippen LogP contribution in [-0.2, 0) is 0 Å². The standard InChI is InChI=1S/C26H18N2/c1-2-27-22-14-8-6-12-19(22)20-16-17-24-25(26(20)27)21-13-7-9-15-23(21)28(24)18-10-4-3-5-11-18/h2-17H,1H2. The summed E-state index contributed by atoms with van der Waals surface area (Å²) in [6.45, 7) is 4.11. The topological polar surface area (TPSA) is 9.86 Å². The average Bonchev–Trinajstić information content (AvgIpc) is 3.27. The fraction of sp³-hybridized carbons (Fsp3) is 0. The number of benzene rings is 4. The lowest BCUT2D eigenvalue weighted by Crippen LogP contribution is -1.93. The van der Waals surface area contributed by atoms with Crippen LogP contribution >= 0.6 is 0 Å². The molecule has 6 rings (SSSR count). The van der Waals surface area contributed by atoms with Gasteiger partial charge in [-0.05, 0) is 30.3 Å². The maximum Gasteiger partial charge on any atom is 0.0635 e. The Hall–Kier alpha value is -3.78. The van der Waals surface area contributed by atoms with Crippen molar-refractivity contribution < 1.29 is 0 Å². The van der Waals surface area contributed by atoms with E-state index < -0.39 is 0 Å². The molecule has 0 unspecified atom stereocenters. The number of hydrogen-bond donors (Lipinski definition) is 0. The second-order valence-electron chi connectivity index (χ2n) is 7.11. The normalized spacial score (nSPS) is 11.7. The maximum atomic E-state index is 4.11. The third kappa shape index (κ3) is 1.87. The Balaban J connectivity index is 1.93. The van der Waals surface area contributed by atoms with Gasteiger partial charge >= 0.3 is 0 Å². The van der Waals surface area contributed by atoms with E-state index in [1.54, 1.807) is 0 Å². The van der Waals surface area contributed by atoms with Gasteiger partial charge in [0, 0.05) is 33.4 Å². The zero-order valence-electron chi connectivity index (χ0n) is 15.3. The van der Waals surface area contributed by atoms with Gasteiger partial charge in [-0.15, -0.1) is 0 Å². The van der Waals surface area contributed by atoms with Gasteiger partial charge in [0.25, 0.3) is 0 Å². The molecule has 0 aliphatic carbocycles. The highest BCUT2D eigenvalue weighted by Gasteiger charge is 2.18. The van der Waals surface area contributed by atoms with Crippen molar-refractivity contribution in [1.29, 1.82) is 0 Å². The van der Waals surface area contributed by atoms with E-state index in [0.717, 1.165) is 0 Å². The number of aromatic nitrogens is 2. The zero-order chi connectivity index (χ0) is 18.7. The molecular formula is C26H18N2. The zero-order valence-corrected chi connectivity index (χ0v) is 15.3. The fourth-order valence-corrected chi connectivity index (χ4v) is 4.59. The van der Waals surface area contributed by atoms with Crippen molar-refractivity contribution in [3.63, 3.8) is 0 Å². The molecule has 2 nitrogen and oxygen atoms in total. The first-order valence-electron chi connectivity index (χ1n) is 9.51. The number of para-hydroxylation sites is 3. The summed E-state index contributed by atoms with van der Waals surface area (Å²) in [6.07, 6.45) is 1.93. The number of nitrogens with zero attached hydrogens (tertiary/aromatic N) is 2. The summed E-state index contributed by atoms with van der Waals surface area (Å²) >= 11 is 0. The number of hydrogen-bond acceptors (Lipinski definition) is 0. The van der Waals surface area contributed by atoms with Gasteiger partial charge in [-0.25, -0.2) is 0 Å². The van der Waals surface area contributed by atoms with Gasteiger partial charge in [0.1, 0.15) is 0 Å². The van der Waals surface area contributed by atoms with Crippen molar-refractivity contribution in [2.45, 2.75) is 0 Å². The van der Waals surface area contributed by atoms with Gasteiger partial charge in [-0.1, -0.05) is 67.2 Å². The van der Waals surface area contributed by atoms with Crippen LogP contribution in [0.2, 0.25) is 0 Å². The molecule has 0 aliphatic rings. The molecule has 4 aromatic carbocycles. The minimum absolute atomic E-state index is 1.18. The Kier molecular flexibility index (Phi) is 3.06. The predicted molar refractivity (Wildman–Crippen MR) is 120 cm³/mol. The molecule has 0 fully saturated rings. The molecule has 0 saturated carbocycles. The van der Waals surface area contributed by atoms with Crippen LogP contribution < -0.4 is 0 Å². The quantitative estimate of drug-likeness (QED) is 0.316. The second kappa shape index (κ2) is 5.61. The Morgan fingerprint density at radius 2 is 1.25 bits per heavy atom. The van der Waals surface area contributed by atoms with Crippen molar-refractivity contribution >= 4 is 49.8 Å². The van der Waals surface area contributed by atoms with Crippen molar-refractivity contribution in [2.75, 3.05) is 0 Å². The molecule has 0 N–H and O–H groups in total. The molecule has 28 heavy (non-hydrogen) atoms. The van der Waals surface area contributed by atoms with Crippen LogP contribution in [0.3, 0.4) is 0 Å².